The molecule has 150 valence electrons. The number of nitrogens with zero attached hydrogens (tertiary/aromatic N) is 3. The third-order valence-corrected chi connectivity index (χ3v) is 5.38. The van der Waals surface area contributed by atoms with Crippen molar-refractivity contribution in [3.8, 4) is 17.1 Å². The van der Waals surface area contributed by atoms with E-state index in [1.807, 2.05) is 60.7 Å². The van der Waals surface area contributed by atoms with Crippen molar-refractivity contribution in [1.82, 2.24) is 14.8 Å². The summed E-state index contributed by atoms with van der Waals surface area (Å²) in [5.41, 5.74) is 3.50. The fourth-order valence-corrected chi connectivity index (χ4v) is 3.36. The maximum atomic E-state index is 12.8. The summed E-state index contributed by atoms with van der Waals surface area (Å²) in [4.78, 5) is 17.4. The van der Waals surface area contributed by atoms with Crippen LogP contribution < -0.4 is 5.32 Å². The first-order valence-electron chi connectivity index (χ1n) is 9.42. The molecule has 0 atom stereocenters. The molecule has 30 heavy (non-hydrogen) atoms. The fraction of sp³-hybridized carbons (Fsp3) is 0.0870. The summed E-state index contributed by atoms with van der Waals surface area (Å²) in [7, 11) is 0. The van der Waals surface area contributed by atoms with Gasteiger partial charge in [-0.15, -0.1) is 5.10 Å². The van der Waals surface area contributed by atoms with Gasteiger partial charge in [0, 0.05) is 20.7 Å². The van der Waals surface area contributed by atoms with Crippen LogP contribution in [0.2, 0.25) is 5.02 Å². The molecular formula is C23H18BrClN4O. The second-order valence-corrected chi connectivity index (χ2v) is 8.01. The minimum Gasteiger partial charge on any atom is -0.319 e. The van der Waals surface area contributed by atoms with Gasteiger partial charge in [0.15, 0.2) is 5.82 Å². The molecule has 0 unspecified atom stereocenters. The highest BCUT2D eigenvalue weighted by molar-refractivity contribution is 9.10. The van der Waals surface area contributed by atoms with E-state index in [4.69, 9.17) is 11.6 Å². The van der Waals surface area contributed by atoms with E-state index in [1.165, 1.54) is 5.56 Å². The average Bonchev–Trinajstić information content (AvgIpc) is 3.21. The molecule has 0 aliphatic carbocycles. The van der Waals surface area contributed by atoms with E-state index in [1.54, 1.807) is 16.8 Å². The van der Waals surface area contributed by atoms with Gasteiger partial charge in [-0.3, -0.25) is 4.79 Å². The minimum absolute atomic E-state index is 0.0856. The van der Waals surface area contributed by atoms with Crippen molar-refractivity contribution in [2.75, 3.05) is 5.32 Å². The van der Waals surface area contributed by atoms with E-state index < -0.39 is 0 Å². The number of carbonyl (C=O) groups excluding carboxylic acids is 1. The van der Waals surface area contributed by atoms with E-state index in [9.17, 15) is 4.79 Å². The van der Waals surface area contributed by atoms with Crippen LogP contribution in [0.4, 0.5) is 5.69 Å². The van der Waals surface area contributed by atoms with E-state index >= 15 is 0 Å². The summed E-state index contributed by atoms with van der Waals surface area (Å²) in [6.45, 7) is 2.09. The van der Waals surface area contributed by atoms with Crippen molar-refractivity contribution in [1.29, 1.82) is 0 Å². The molecule has 0 aliphatic heterocycles. The number of anilines is 1. The number of carbonyl (C=O) groups is 1. The van der Waals surface area contributed by atoms with Crippen LogP contribution in [0.15, 0.2) is 77.3 Å². The Labute approximate surface area is 187 Å². The topological polar surface area (TPSA) is 59.8 Å². The number of rotatable bonds is 5. The van der Waals surface area contributed by atoms with Gasteiger partial charge in [0.1, 0.15) is 0 Å². The molecule has 0 radical (unpaired) electrons. The molecule has 1 N–H and O–H groups in total. The highest BCUT2D eigenvalue weighted by Crippen LogP contribution is 2.24. The number of nitrogens with one attached hydrogen (secondary N) is 1. The molecule has 0 saturated heterocycles. The van der Waals surface area contributed by atoms with Gasteiger partial charge in [-0.2, -0.15) is 0 Å². The Bertz CT molecular complexity index is 1110. The summed E-state index contributed by atoms with van der Waals surface area (Å²) >= 11 is 9.47. The van der Waals surface area contributed by atoms with E-state index in [2.05, 4.69) is 38.3 Å². The van der Waals surface area contributed by atoms with Gasteiger partial charge in [-0.25, -0.2) is 9.67 Å². The maximum absolute atomic E-state index is 12.8. The van der Waals surface area contributed by atoms with Gasteiger partial charge in [0.25, 0.3) is 5.91 Å². The second-order valence-electron chi connectivity index (χ2n) is 6.66. The van der Waals surface area contributed by atoms with Crippen LogP contribution in [-0.4, -0.2) is 20.7 Å². The lowest BCUT2D eigenvalue weighted by atomic mass is 10.1. The number of aryl methyl sites for hydroxylation is 1. The Hall–Kier alpha value is -2.96. The first-order valence-corrected chi connectivity index (χ1v) is 10.6. The molecule has 3 aromatic carbocycles. The summed E-state index contributed by atoms with van der Waals surface area (Å²) < 4.78 is 2.61. The number of hydrogen-bond donors (Lipinski definition) is 1. The number of amides is 1. The summed E-state index contributed by atoms with van der Waals surface area (Å²) in [6, 6.07) is 22.6. The van der Waals surface area contributed by atoms with Gasteiger partial charge < -0.3 is 5.32 Å². The maximum Gasteiger partial charge on any atom is 0.295 e. The van der Waals surface area contributed by atoms with Crippen LogP contribution in [-0.2, 0) is 6.42 Å². The molecule has 7 heteroatoms. The normalized spacial score (nSPS) is 10.8. The van der Waals surface area contributed by atoms with Crippen molar-refractivity contribution in [2.24, 2.45) is 0 Å². The van der Waals surface area contributed by atoms with Crippen LogP contribution in [0.3, 0.4) is 0 Å². The Kier molecular flexibility index (Phi) is 5.97. The molecule has 0 saturated carbocycles. The van der Waals surface area contributed by atoms with Gasteiger partial charge in [-0.05, 0) is 72.6 Å². The summed E-state index contributed by atoms with van der Waals surface area (Å²) in [6.07, 6.45) is 0.942. The fourth-order valence-electron chi connectivity index (χ4n) is 2.97. The van der Waals surface area contributed by atoms with Gasteiger partial charge >= 0.3 is 0 Å². The third kappa shape index (κ3) is 4.45. The molecule has 1 heterocycles. The zero-order valence-corrected chi connectivity index (χ0v) is 18.5. The molecular weight excluding hydrogens is 464 g/mol. The Morgan fingerprint density at radius 1 is 1.00 bits per heavy atom. The second kappa shape index (κ2) is 8.81. The predicted octanol–water partition coefficient (Wildman–Crippen LogP) is 6.16. The molecule has 4 aromatic rings. The Morgan fingerprint density at radius 2 is 1.67 bits per heavy atom. The molecule has 1 amide bonds. The molecule has 4 rings (SSSR count). The lowest BCUT2D eigenvalue weighted by Gasteiger charge is -2.06. The summed E-state index contributed by atoms with van der Waals surface area (Å²) in [5.74, 6) is 0.272. The minimum atomic E-state index is -0.370. The SMILES string of the molecule is CCc1ccc(NC(=O)c2nc(-c3ccc(Cl)cc3)n(-c3ccc(Br)cc3)n2)cc1. The third-order valence-electron chi connectivity index (χ3n) is 4.60. The average molecular weight is 482 g/mol. The summed E-state index contributed by atoms with van der Waals surface area (Å²) in [5, 5.41) is 7.98. The first kappa shape index (κ1) is 20.3. The Morgan fingerprint density at radius 3 is 2.30 bits per heavy atom. The van der Waals surface area contributed by atoms with E-state index in [-0.39, 0.29) is 11.7 Å². The smallest absolute Gasteiger partial charge is 0.295 e. The van der Waals surface area contributed by atoms with Crippen LogP contribution in [0, 0.1) is 0 Å². The van der Waals surface area contributed by atoms with Crippen LogP contribution in [0.1, 0.15) is 23.1 Å². The van der Waals surface area contributed by atoms with Crippen molar-refractivity contribution < 1.29 is 4.79 Å². The molecule has 0 aliphatic rings. The highest BCUT2D eigenvalue weighted by Gasteiger charge is 2.19. The lowest BCUT2D eigenvalue weighted by molar-refractivity contribution is 0.101. The number of hydrogen-bond acceptors (Lipinski definition) is 3. The van der Waals surface area contributed by atoms with Crippen molar-refractivity contribution >= 4 is 39.1 Å². The zero-order chi connectivity index (χ0) is 21.1. The van der Waals surface area contributed by atoms with Crippen molar-refractivity contribution in [2.45, 2.75) is 13.3 Å². The Balaban J connectivity index is 1.71. The molecule has 0 spiro atoms. The van der Waals surface area contributed by atoms with Gasteiger partial charge in [0.2, 0.25) is 5.82 Å². The standard InChI is InChI=1S/C23H18BrClN4O/c1-2-15-3-11-19(12-4-15)26-23(30)21-27-22(16-5-9-18(25)10-6-16)29(28-21)20-13-7-17(24)8-14-20/h3-14H,2H2,1H3,(H,26,30). The number of benzene rings is 3. The highest BCUT2D eigenvalue weighted by atomic mass is 79.9. The zero-order valence-electron chi connectivity index (χ0n) is 16.1. The van der Waals surface area contributed by atoms with Crippen molar-refractivity contribution in [3.05, 3.63) is 93.7 Å². The first-order chi connectivity index (χ1) is 14.5. The predicted molar refractivity (Wildman–Crippen MR) is 123 cm³/mol. The number of halogens is 2. The largest absolute Gasteiger partial charge is 0.319 e. The van der Waals surface area contributed by atoms with E-state index in [0.29, 0.717) is 16.5 Å². The van der Waals surface area contributed by atoms with Crippen LogP contribution in [0.5, 0.6) is 0 Å². The van der Waals surface area contributed by atoms with Crippen LogP contribution >= 0.6 is 27.5 Å². The molecule has 0 fully saturated rings. The molecule has 5 nitrogen and oxygen atoms in total. The lowest BCUT2D eigenvalue weighted by Crippen LogP contribution is -2.14. The van der Waals surface area contributed by atoms with Gasteiger partial charge in [-0.1, -0.05) is 46.6 Å². The quantitative estimate of drug-likeness (QED) is 0.371. The molecule has 0 bridgehead atoms. The van der Waals surface area contributed by atoms with E-state index in [0.717, 1.165) is 22.1 Å². The van der Waals surface area contributed by atoms with Crippen LogP contribution in [0.25, 0.3) is 17.1 Å². The monoisotopic (exact) mass is 480 g/mol. The van der Waals surface area contributed by atoms with Crippen molar-refractivity contribution in [3.63, 3.8) is 0 Å². The van der Waals surface area contributed by atoms with Gasteiger partial charge in [0.05, 0.1) is 5.69 Å². The molecule has 1 aromatic heterocycles. The number of aromatic nitrogens is 3.